The first kappa shape index (κ1) is 25.5. The van der Waals surface area contributed by atoms with Gasteiger partial charge in [-0.2, -0.15) is 9.97 Å². The summed E-state index contributed by atoms with van der Waals surface area (Å²) in [4.78, 5) is 41.9. The monoisotopic (exact) mass is 512 g/mol. The van der Waals surface area contributed by atoms with E-state index in [0.717, 1.165) is 0 Å². The topological polar surface area (TPSA) is 218 Å². The standard InChI is InChI=1S/C20H29N6O8P/c21-17-1-3-25(19(29)23-17)13-6-12(15(28)7-13)10-33-35(31,32)34-16-8-14(5-11(16)9-27)26-4-2-18(22)24-20(26)30/h1-4,11-16,27-28H,5-10H2,(H,31,32)(H2,21,23,29)(H2,22,24,30)/t11-,12-,13-,14-,15+,16+/m1/s1. The molecule has 2 aromatic rings. The molecule has 4 rings (SSSR count). The van der Waals surface area contributed by atoms with E-state index in [1.54, 1.807) is 0 Å². The average molecular weight is 512 g/mol. The van der Waals surface area contributed by atoms with Crippen molar-refractivity contribution in [1.82, 2.24) is 19.1 Å². The van der Waals surface area contributed by atoms with Crippen LogP contribution in [0.25, 0.3) is 0 Å². The summed E-state index contributed by atoms with van der Waals surface area (Å²) in [7, 11) is -4.56. The van der Waals surface area contributed by atoms with Crippen LogP contribution in [0.2, 0.25) is 0 Å². The number of nitrogens with two attached hydrogens (primary N) is 2. The lowest BCUT2D eigenvalue weighted by atomic mass is 10.1. The molecule has 0 amide bonds. The molecule has 0 radical (unpaired) electrons. The van der Waals surface area contributed by atoms with Crippen LogP contribution < -0.4 is 22.8 Å². The minimum absolute atomic E-state index is 0.0814. The third kappa shape index (κ3) is 5.80. The Hall–Kier alpha value is -2.61. The second kappa shape index (κ2) is 10.2. The molecule has 15 heteroatoms. The lowest BCUT2D eigenvalue weighted by Crippen LogP contribution is -2.26. The molecule has 2 saturated carbocycles. The molecule has 192 valence electrons. The van der Waals surface area contributed by atoms with Crippen LogP contribution in [0.1, 0.15) is 37.8 Å². The van der Waals surface area contributed by atoms with E-state index in [1.165, 1.54) is 33.7 Å². The quantitative estimate of drug-likeness (QED) is 0.281. The van der Waals surface area contributed by atoms with Gasteiger partial charge in [0, 0.05) is 42.9 Å². The molecule has 0 bridgehead atoms. The Morgan fingerprint density at radius 3 is 2.06 bits per heavy atom. The number of anilines is 2. The Bertz CT molecular complexity index is 1220. The zero-order valence-electron chi connectivity index (χ0n) is 18.8. The molecule has 0 spiro atoms. The van der Waals surface area contributed by atoms with Gasteiger partial charge in [-0.1, -0.05) is 0 Å². The molecule has 7 atom stereocenters. The van der Waals surface area contributed by atoms with Crippen LogP contribution in [0.4, 0.5) is 11.6 Å². The SMILES string of the molecule is Nc1ccn([C@@H]2C[C@H](CO)[C@@H](OP(=O)(O)OC[C@H]3C[C@@H](n4ccc(N)nc4=O)C[C@@H]3O)C2)c(=O)n1. The van der Waals surface area contributed by atoms with Crippen molar-refractivity contribution in [1.29, 1.82) is 0 Å². The van der Waals surface area contributed by atoms with Crippen molar-refractivity contribution in [3.8, 4) is 0 Å². The highest BCUT2D eigenvalue weighted by atomic mass is 31.2. The van der Waals surface area contributed by atoms with E-state index in [9.17, 15) is 29.3 Å². The third-order valence-electron chi connectivity index (χ3n) is 6.68. The molecule has 2 heterocycles. The number of aromatic nitrogens is 4. The predicted molar refractivity (Wildman–Crippen MR) is 123 cm³/mol. The minimum atomic E-state index is -4.56. The molecule has 2 aromatic heterocycles. The summed E-state index contributed by atoms with van der Waals surface area (Å²) in [6.07, 6.45) is 2.37. The second-order valence-electron chi connectivity index (χ2n) is 9.01. The summed E-state index contributed by atoms with van der Waals surface area (Å²) in [6, 6.07) is 2.19. The van der Waals surface area contributed by atoms with Crippen molar-refractivity contribution in [2.24, 2.45) is 11.8 Å². The Morgan fingerprint density at radius 1 is 0.971 bits per heavy atom. The fourth-order valence-electron chi connectivity index (χ4n) is 4.89. The van der Waals surface area contributed by atoms with E-state index in [1.807, 2.05) is 0 Å². The van der Waals surface area contributed by atoms with Crippen LogP contribution in [-0.2, 0) is 13.6 Å². The zero-order chi connectivity index (χ0) is 25.3. The number of hydrogen-bond acceptors (Lipinski definition) is 11. The fraction of sp³-hybridized carbons (Fsp3) is 0.600. The van der Waals surface area contributed by atoms with Gasteiger partial charge in [0.2, 0.25) is 0 Å². The number of nitrogens with zero attached hydrogens (tertiary/aromatic N) is 4. The van der Waals surface area contributed by atoms with E-state index >= 15 is 0 Å². The summed E-state index contributed by atoms with van der Waals surface area (Å²) in [5.74, 6) is -0.841. The fourth-order valence-corrected chi connectivity index (χ4v) is 5.93. The molecule has 2 aliphatic rings. The summed E-state index contributed by atoms with van der Waals surface area (Å²) in [5.41, 5.74) is 9.93. The van der Waals surface area contributed by atoms with Gasteiger partial charge in [-0.05, 0) is 37.8 Å². The predicted octanol–water partition coefficient (Wildman–Crippen LogP) is -0.578. The number of nitrogen functional groups attached to an aromatic ring is 2. The third-order valence-corrected chi connectivity index (χ3v) is 7.69. The minimum Gasteiger partial charge on any atom is -0.396 e. The van der Waals surface area contributed by atoms with E-state index in [4.69, 9.17) is 20.5 Å². The van der Waals surface area contributed by atoms with E-state index in [0.29, 0.717) is 12.8 Å². The van der Waals surface area contributed by atoms with Gasteiger partial charge in [-0.3, -0.25) is 18.2 Å². The van der Waals surface area contributed by atoms with Crippen LogP contribution in [0, 0.1) is 11.8 Å². The number of rotatable bonds is 8. The Labute approximate surface area is 199 Å². The first-order valence-corrected chi connectivity index (χ1v) is 12.7. The van der Waals surface area contributed by atoms with Crippen molar-refractivity contribution >= 4 is 19.5 Å². The van der Waals surface area contributed by atoms with Crippen molar-refractivity contribution in [2.75, 3.05) is 24.7 Å². The smallest absolute Gasteiger partial charge is 0.396 e. The lowest BCUT2D eigenvalue weighted by molar-refractivity contribution is 0.0428. The van der Waals surface area contributed by atoms with Gasteiger partial charge in [-0.15, -0.1) is 0 Å². The number of aliphatic hydroxyl groups excluding tert-OH is 2. The molecule has 0 aromatic carbocycles. The van der Waals surface area contributed by atoms with Crippen LogP contribution >= 0.6 is 7.82 Å². The van der Waals surface area contributed by atoms with Gasteiger partial charge in [0.15, 0.2) is 0 Å². The second-order valence-corrected chi connectivity index (χ2v) is 10.4. The first-order chi connectivity index (χ1) is 16.6. The van der Waals surface area contributed by atoms with Gasteiger partial charge >= 0.3 is 19.2 Å². The molecule has 2 aliphatic carbocycles. The highest BCUT2D eigenvalue weighted by Gasteiger charge is 2.42. The largest absolute Gasteiger partial charge is 0.472 e. The normalized spacial score (nSPS) is 30.4. The molecule has 2 fully saturated rings. The molecular weight excluding hydrogens is 483 g/mol. The maximum atomic E-state index is 12.7. The zero-order valence-corrected chi connectivity index (χ0v) is 19.7. The van der Waals surface area contributed by atoms with Crippen LogP contribution in [0.15, 0.2) is 34.1 Å². The lowest BCUT2D eigenvalue weighted by Gasteiger charge is -2.22. The number of phosphoric acid groups is 1. The molecular formula is C20H29N6O8P. The van der Waals surface area contributed by atoms with Crippen LogP contribution in [0.5, 0.6) is 0 Å². The van der Waals surface area contributed by atoms with Crippen molar-refractivity contribution < 1.29 is 28.7 Å². The Morgan fingerprint density at radius 2 is 1.51 bits per heavy atom. The van der Waals surface area contributed by atoms with E-state index in [2.05, 4.69) is 9.97 Å². The Balaban J connectivity index is 1.36. The van der Waals surface area contributed by atoms with Crippen molar-refractivity contribution in [3.63, 3.8) is 0 Å². The highest BCUT2D eigenvalue weighted by molar-refractivity contribution is 7.47. The van der Waals surface area contributed by atoms with Crippen molar-refractivity contribution in [2.45, 2.75) is 50.0 Å². The molecule has 14 nitrogen and oxygen atoms in total. The van der Waals surface area contributed by atoms with Gasteiger partial charge in [0.1, 0.15) is 11.6 Å². The van der Waals surface area contributed by atoms with Crippen molar-refractivity contribution in [3.05, 3.63) is 45.5 Å². The molecule has 7 N–H and O–H groups in total. The van der Waals surface area contributed by atoms with E-state index < -0.39 is 49.3 Å². The van der Waals surface area contributed by atoms with Gasteiger partial charge < -0.3 is 26.6 Å². The molecule has 35 heavy (non-hydrogen) atoms. The van der Waals surface area contributed by atoms with Gasteiger partial charge in [0.25, 0.3) is 0 Å². The summed E-state index contributed by atoms with van der Waals surface area (Å²) in [6.45, 7) is -0.588. The molecule has 0 aliphatic heterocycles. The Kier molecular flexibility index (Phi) is 7.40. The first-order valence-electron chi connectivity index (χ1n) is 11.2. The molecule has 0 saturated heterocycles. The number of hydrogen-bond donors (Lipinski definition) is 5. The number of phosphoric ester groups is 1. The molecule has 1 unspecified atom stereocenters. The summed E-state index contributed by atoms with van der Waals surface area (Å²) < 4.78 is 25.9. The van der Waals surface area contributed by atoms with E-state index in [-0.39, 0.29) is 43.7 Å². The maximum Gasteiger partial charge on any atom is 0.472 e. The van der Waals surface area contributed by atoms with Crippen LogP contribution in [-0.4, -0.2) is 59.6 Å². The average Bonchev–Trinajstić information content (AvgIpc) is 3.34. The van der Waals surface area contributed by atoms with Gasteiger partial charge in [-0.25, -0.2) is 14.2 Å². The highest BCUT2D eigenvalue weighted by Crippen LogP contribution is 2.51. The maximum absolute atomic E-state index is 12.7. The summed E-state index contributed by atoms with van der Waals surface area (Å²) >= 11 is 0. The van der Waals surface area contributed by atoms with Gasteiger partial charge in [0.05, 0.1) is 18.8 Å². The number of aliphatic hydroxyl groups is 2. The summed E-state index contributed by atoms with van der Waals surface area (Å²) in [5, 5.41) is 20.1. The van der Waals surface area contributed by atoms with Crippen LogP contribution in [0.3, 0.4) is 0 Å².